The van der Waals surface area contributed by atoms with Crippen molar-refractivity contribution < 1.29 is 20.4 Å². The molecule has 0 amide bonds. The van der Waals surface area contributed by atoms with E-state index < -0.39 is 0 Å². The van der Waals surface area contributed by atoms with Crippen molar-refractivity contribution in [3.8, 4) is 22.3 Å². The molecule has 5 aromatic carbocycles. The molecule has 3 heteroatoms. The summed E-state index contributed by atoms with van der Waals surface area (Å²) in [6, 6.07) is 50.4. The predicted octanol–water partition coefficient (Wildman–Crippen LogP) is 8.54. The Morgan fingerprint density at radius 3 is 2.18 bits per heavy atom. The van der Waals surface area contributed by atoms with Crippen LogP contribution in [-0.4, -0.2) is 4.98 Å². The molecule has 0 spiro atoms. The van der Waals surface area contributed by atoms with E-state index in [4.69, 9.17) is 4.98 Å². The van der Waals surface area contributed by atoms with Crippen LogP contribution in [0.25, 0.3) is 33.2 Å². The first kappa shape index (κ1) is 24.3. The smallest absolute Gasteiger partial charge is 0.135 e. The molecular formula is C35H23N2Pd-3. The molecule has 0 fully saturated rings. The minimum absolute atomic E-state index is 0. The minimum Gasteiger partial charge on any atom is -0.313 e. The van der Waals surface area contributed by atoms with E-state index in [2.05, 4.69) is 102 Å². The standard InChI is InChI=1S/C35H23N2.Pd/c1-3-10-25(11-4-1)30-21-20-28-19-18-27-14-7-8-17-32(27)37(33(28)24-30)34-23-22-29-15-9-16-31(35(29)36-34)26-12-5-2-6-13-26;/h1-10,12,14-17,20-23H,18-19H2;/q-3;. The summed E-state index contributed by atoms with van der Waals surface area (Å²) in [5, 5.41) is 1.11. The Morgan fingerprint density at radius 1 is 0.605 bits per heavy atom. The molecule has 1 aliphatic heterocycles. The molecule has 186 valence electrons. The molecule has 0 radical (unpaired) electrons. The van der Waals surface area contributed by atoms with Gasteiger partial charge in [0.1, 0.15) is 5.82 Å². The molecule has 0 saturated heterocycles. The average Bonchev–Trinajstić information content (AvgIpc) is 3.14. The number of anilines is 3. The number of hydrogen-bond donors (Lipinski definition) is 0. The second-order valence-corrected chi connectivity index (χ2v) is 9.31. The molecule has 7 rings (SSSR count). The summed E-state index contributed by atoms with van der Waals surface area (Å²) >= 11 is 0. The van der Waals surface area contributed by atoms with Crippen molar-refractivity contribution in [3.63, 3.8) is 0 Å². The number of benzene rings is 5. The minimum atomic E-state index is 0. The van der Waals surface area contributed by atoms with Crippen molar-refractivity contribution in [2.75, 3.05) is 4.90 Å². The monoisotopic (exact) mass is 577 g/mol. The summed E-state index contributed by atoms with van der Waals surface area (Å²) in [5.74, 6) is 0.886. The Morgan fingerprint density at radius 2 is 1.37 bits per heavy atom. The Balaban J connectivity index is 0.00000264. The number of aromatic nitrogens is 1. The van der Waals surface area contributed by atoms with E-state index >= 15 is 0 Å². The van der Waals surface area contributed by atoms with Gasteiger partial charge in [-0.05, 0) is 41.3 Å². The van der Waals surface area contributed by atoms with E-state index in [0.29, 0.717) is 0 Å². The summed E-state index contributed by atoms with van der Waals surface area (Å²) in [6.45, 7) is 0. The number of para-hydroxylation sites is 2. The number of hydrogen-bond acceptors (Lipinski definition) is 2. The number of aryl methyl sites for hydroxylation is 2. The first-order chi connectivity index (χ1) is 18.3. The van der Waals surface area contributed by atoms with Crippen molar-refractivity contribution in [1.29, 1.82) is 0 Å². The van der Waals surface area contributed by atoms with Crippen LogP contribution in [0.4, 0.5) is 17.2 Å². The maximum absolute atomic E-state index is 5.30. The summed E-state index contributed by atoms with van der Waals surface area (Å²) in [4.78, 5) is 7.58. The van der Waals surface area contributed by atoms with Gasteiger partial charge in [0.05, 0.1) is 0 Å². The van der Waals surface area contributed by atoms with Crippen LogP contribution < -0.4 is 4.90 Å². The molecule has 0 N–H and O–H groups in total. The zero-order valence-corrected chi connectivity index (χ0v) is 22.1. The van der Waals surface area contributed by atoms with Crippen LogP contribution in [-0.2, 0) is 33.3 Å². The van der Waals surface area contributed by atoms with Gasteiger partial charge in [0.15, 0.2) is 0 Å². The molecule has 1 aliphatic rings. The molecule has 6 aromatic rings. The van der Waals surface area contributed by atoms with Gasteiger partial charge in [0.2, 0.25) is 0 Å². The fourth-order valence-corrected chi connectivity index (χ4v) is 5.24. The maximum Gasteiger partial charge on any atom is 0.135 e. The molecule has 2 heterocycles. The number of pyridine rings is 1. The first-order valence-electron chi connectivity index (χ1n) is 12.6. The SMILES string of the molecule is [Pd].[c-]1ccccc1-c1[c-]c2c(cc1)CCc1ccccc1N2c1ccc2cccc(-c3[c-]cccc3)c2n1. The topological polar surface area (TPSA) is 16.1 Å². The van der Waals surface area contributed by atoms with Crippen molar-refractivity contribution in [3.05, 3.63) is 145 Å². The fourth-order valence-electron chi connectivity index (χ4n) is 5.24. The molecule has 0 unspecified atom stereocenters. The van der Waals surface area contributed by atoms with Gasteiger partial charge in [-0.1, -0.05) is 48.4 Å². The third kappa shape index (κ3) is 4.35. The molecule has 2 nitrogen and oxygen atoms in total. The number of fused-ring (bicyclic) bond motifs is 3. The van der Waals surface area contributed by atoms with Crippen LogP contribution in [0.3, 0.4) is 0 Å². The van der Waals surface area contributed by atoms with Crippen LogP contribution in [0.1, 0.15) is 11.1 Å². The van der Waals surface area contributed by atoms with Crippen molar-refractivity contribution >= 4 is 28.1 Å². The van der Waals surface area contributed by atoms with Crippen LogP contribution >= 0.6 is 0 Å². The van der Waals surface area contributed by atoms with E-state index in [0.717, 1.165) is 63.2 Å². The Hall–Kier alpha value is -4.03. The van der Waals surface area contributed by atoms with Gasteiger partial charge in [-0.25, -0.2) is 16.1 Å². The summed E-state index contributed by atoms with van der Waals surface area (Å²) in [5.41, 5.74) is 9.95. The van der Waals surface area contributed by atoms with E-state index in [1.165, 1.54) is 11.1 Å². The van der Waals surface area contributed by atoms with Gasteiger partial charge in [0, 0.05) is 31.6 Å². The quantitative estimate of drug-likeness (QED) is 0.155. The molecule has 38 heavy (non-hydrogen) atoms. The normalized spacial score (nSPS) is 12.3. The second-order valence-electron chi connectivity index (χ2n) is 9.31. The van der Waals surface area contributed by atoms with E-state index in [1.807, 2.05) is 36.4 Å². The second kappa shape index (κ2) is 10.4. The Kier molecular flexibility index (Phi) is 6.65. The first-order valence-corrected chi connectivity index (χ1v) is 12.6. The molecule has 1 aromatic heterocycles. The van der Waals surface area contributed by atoms with Crippen LogP contribution in [0.15, 0.2) is 115 Å². The average molecular weight is 578 g/mol. The van der Waals surface area contributed by atoms with Crippen LogP contribution in [0.5, 0.6) is 0 Å². The van der Waals surface area contributed by atoms with Crippen LogP contribution in [0, 0.1) is 18.2 Å². The largest absolute Gasteiger partial charge is 0.313 e. The predicted molar refractivity (Wildman–Crippen MR) is 151 cm³/mol. The third-order valence-corrected chi connectivity index (χ3v) is 7.06. The Labute approximate surface area is 237 Å². The molecule has 0 saturated carbocycles. The molecule has 0 bridgehead atoms. The molecule has 0 aliphatic carbocycles. The van der Waals surface area contributed by atoms with Gasteiger partial charge < -0.3 is 4.90 Å². The van der Waals surface area contributed by atoms with Gasteiger partial charge in [-0.15, -0.1) is 53.6 Å². The van der Waals surface area contributed by atoms with E-state index in [9.17, 15) is 0 Å². The van der Waals surface area contributed by atoms with Crippen molar-refractivity contribution in [2.45, 2.75) is 12.8 Å². The van der Waals surface area contributed by atoms with Gasteiger partial charge in [0.25, 0.3) is 0 Å². The summed E-state index contributed by atoms with van der Waals surface area (Å²) in [6.07, 6.45) is 1.93. The van der Waals surface area contributed by atoms with Crippen molar-refractivity contribution in [2.24, 2.45) is 0 Å². The Bertz CT molecular complexity index is 1730. The van der Waals surface area contributed by atoms with Gasteiger partial charge in [-0.2, -0.15) is 36.4 Å². The summed E-state index contributed by atoms with van der Waals surface area (Å²) in [7, 11) is 0. The number of nitrogens with zero attached hydrogens (tertiary/aromatic N) is 2. The van der Waals surface area contributed by atoms with E-state index in [-0.39, 0.29) is 20.4 Å². The summed E-state index contributed by atoms with van der Waals surface area (Å²) < 4.78 is 0. The van der Waals surface area contributed by atoms with Crippen molar-refractivity contribution in [1.82, 2.24) is 4.98 Å². The third-order valence-electron chi connectivity index (χ3n) is 7.06. The molecular weight excluding hydrogens is 555 g/mol. The van der Waals surface area contributed by atoms with Gasteiger partial charge in [-0.3, -0.25) is 0 Å². The zero-order chi connectivity index (χ0) is 24.6. The van der Waals surface area contributed by atoms with Gasteiger partial charge >= 0.3 is 0 Å². The number of rotatable bonds is 3. The fraction of sp³-hybridized carbons (Fsp3) is 0.0571. The molecule has 0 atom stereocenters. The zero-order valence-electron chi connectivity index (χ0n) is 20.6. The van der Waals surface area contributed by atoms with E-state index in [1.54, 1.807) is 0 Å². The van der Waals surface area contributed by atoms with Crippen LogP contribution in [0.2, 0.25) is 0 Å². The maximum atomic E-state index is 5.30.